The fourth-order valence-electron chi connectivity index (χ4n) is 1.52. The second kappa shape index (κ2) is 2.30. The largest absolute Gasteiger partial charge is 0.320 e. The second-order valence-electron chi connectivity index (χ2n) is 3.22. The molecule has 0 bridgehead atoms. The molecule has 1 aromatic heterocycles. The Hall–Kier alpha value is -0.900. The van der Waals surface area contributed by atoms with Crippen molar-refractivity contribution in [2.24, 2.45) is 7.05 Å². The highest BCUT2D eigenvalue weighted by Gasteiger charge is 2.28. The third-order valence-corrected chi connectivity index (χ3v) is 2.18. The van der Waals surface area contributed by atoms with Crippen molar-refractivity contribution in [3.05, 3.63) is 12.2 Å². The standard InChI is InChI=1S/C7H12N4/c1-10-3-6(4-10)7-9-8-5-11(7)2/h5-6H,3-4H2,1-2H3. The lowest BCUT2D eigenvalue weighted by Gasteiger charge is -2.35. The van der Waals surface area contributed by atoms with E-state index in [0.717, 1.165) is 18.9 Å². The van der Waals surface area contributed by atoms with Crippen LogP contribution in [0.2, 0.25) is 0 Å². The number of aromatic nitrogens is 3. The summed E-state index contributed by atoms with van der Waals surface area (Å²) in [5.41, 5.74) is 0. The summed E-state index contributed by atoms with van der Waals surface area (Å²) < 4.78 is 2.00. The molecule has 0 aromatic carbocycles. The molecule has 0 N–H and O–H groups in total. The van der Waals surface area contributed by atoms with Gasteiger partial charge in [0.15, 0.2) is 0 Å². The molecule has 0 saturated carbocycles. The van der Waals surface area contributed by atoms with Gasteiger partial charge in [-0.15, -0.1) is 10.2 Å². The first-order valence-corrected chi connectivity index (χ1v) is 3.80. The van der Waals surface area contributed by atoms with E-state index in [2.05, 4.69) is 22.1 Å². The minimum absolute atomic E-state index is 0.604. The van der Waals surface area contributed by atoms with Gasteiger partial charge in [-0.3, -0.25) is 0 Å². The summed E-state index contributed by atoms with van der Waals surface area (Å²) in [4.78, 5) is 2.28. The number of aryl methyl sites for hydroxylation is 1. The van der Waals surface area contributed by atoms with Crippen molar-refractivity contribution in [2.75, 3.05) is 20.1 Å². The van der Waals surface area contributed by atoms with Gasteiger partial charge in [0.25, 0.3) is 0 Å². The van der Waals surface area contributed by atoms with Crippen LogP contribution in [-0.2, 0) is 7.05 Å². The van der Waals surface area contributed by atoms with Gasteiger partial charge >= 0.3 is 0 Å². The lowest BCUT2D eigenvalue weighted by molar-refractivity contribution is 0.181. The van der Waals surface area contributed by atoms with Crippen molar-refractivity contribution in [2.45, 2.75) is 5.92 Å². The first-order chi connectivity index (χ1) is 5.27. The summed E-state index contributed by atoms with van der Waals surface area (Å²) in [5.74, 6) is 1.72. The Bertz CT molecular complexity index is 249. The van der Waals surface area contributed by atoms with Crippen LogP contribution in [0.15, 0.2) is 6.33 Å². The third-order valence-electron chi connectivity index (χ3n) is 2.18. The summed E-state index contributed by atoms with van der Waals surface area (Å²) in [6.45, 7) is 2.24. The smallest absolute Gasteiger partial charge is 0.138 e. The lowest BCUT2D eigenvalue weighted by Crippen LogP contribution is -2.42. The molecule has 0 aliphatic carbocycles. The first-order valence-electron chi connectivity index (χ1n) is 3.80. The Labute approximate surface area is 65.8 Å². The van der Waals surface area contributed by atoms with Crippen LogP contribution >= 0.6 is 0 Å². The van der Waals surface area contributed by atoms with E-state index in [-0.39, 0.29) is 0 Å². The fraction of sp³-hybridized carbons (Fsp3) is 0.714. The normalized spacial score (nSPS) is 20.2. The molecule has 1 fully saturated rings. The molecule has 11 heavy (non-hydrogen) atoms. The van der Waals surface area contributed by atoms with Crippen LogP contribution in [0.3, 0.4) is 0 Å². The minimum atomic E-state index is 0.604. The second-order valence-corrected chi connectivity index (χ2v) is 3.22. The van der Waals surface area contributed by atoms with E-state index in [1.54, 1.807) is 6.33 Å². The van der Waals surface area contributed by atoms with Crippen molar-refractivity contribution in [1.82, 2.24) is 19.7 Å². The Morgan fingerprint density at radius 1 is 1.45 bits per heavy atom. The summed E-state index contributed by atoms with van der Waals surface area (Å²) >= 11 is 0. The van der Waals surface area contributed by atoms with Crippen molar-refractivity contribution in [1.29, 1.82) is 0 Å². The molecule has 1 aliphatic rings. The molecule has 0 amide bonds. The predicted molar refractivity (Wildman–Crippen MR) is 41.2 cm³/mol. The lowest BCUT2D eigenvalue weighted by atomic mass is 10.0. The number of likely N-dealkylation sites (tertiary alicyclic amines) is 1. The van der Waals surface area contributed by atoms with Crippen LogP contribution in [0.25, 0.3) is 0 Å². The van der Waals surface area contributed by atoms with E-state index in [1.165, 1.54) is 0 Å². The van der Waals surface area contributed by atoms with Crippen molar-refractivity contribution in [3.63, 3.8) is 0 Å². The van der Waals surface area contributed by atoms with Crippen LogP contribution in [0.1, 0.15) is 11.7 Å². The maximum atomic E-state index is 4.06. The molecular weight excluding hydrogens is 140 g/mol. The Balaban J connectivity index is 2.12. The average Bonchev–Trinajstić information content (AvgIpc) is 2.29. The monoisotopic (exact) mass is 152 g/mol. The minimum Gasteiger partial charge on any atom is -0.320 e. The molecule has 0 radical (unpaired) electrons. The maximum Gasteiger partial charge on any atom is 0.138 e. The maximum absolute atomic E-state index is 4.06. The van der Waals surface area contributed by atoms with Crippen LogP contribution in [-0.4, -0.2) is 39.8 Å². The Morgan fingerprint density at radius 2 is 2.18 bits per heavy atom. The average molecular weight is 152 g/mol. The highest BCUT2D eigenvalue weighted by Crippen LogP contribution is 2.22. The molecule has 1 aromatic rings. The molecular formula is C7H12N4. The van der Waals surface area contributed by atoms with E-state index in [4.69, 9.17) is 0 Å². The van der Waals surface area contributed by atoms with E-state index in [9.17, 15) is 0 Å². The molecule has 1 saturated heterocycles. The SMILES string of the molecule is CN1CC(c2nncn2C)C1. The van der Waals surface area contributed by atoms with E-state index in [1.807, 2.05) is 11.6 Å². The van der Waals surface area contributed by atoms with Crippen molar-refractivity contribution >= 4 is 0 Å². The number of nitrogens with zero attached hydrogens (tertiary/aromatic N) is 4. The van der Waals surface area contributed by atoms with Gasteiger partial charge in [-0.05, 0) is 7.05 Å². The van der Waals surface area contributed by atoms with Crippen LogP contribution < -0.4 is 0 Å². The highest BCUT2D eigenvalue weighted by molar-refractivity contribution is 5.03. The molecule has 4 nitrogen and oxygen atoms in total. The summed E-state index contributed by atoms with van der Waals surface area (Å²) in [6.07, 6.45) is 1.76. The van der Waals surface area contributed by atoms with Crippen LogP contribution in [0.5, 0.6) is 0 Å². The van der Waals surface area contributed by atoms with Gasteiger partial charge in [-0.2, -0.15) is 0 Å². The van der Waals surface area contributed by atoms with Gasteiger partial charge in [0, 0.05) is 26.1 Å². The summed E-state index contributed by atoms with van der Waals surface area (Å²) in [6, 6.07) is 0. The first kappa shape index (κ1) is 6.79. The summed E-state index contributed by atoms with van der Waals surface area (Å²) in [5, 5.41) is 7.90. The Morgan fingerprint density at radius 3 is 2.64 bits per heavy atom. The van der Waals surface area contributed by atoms with Crippen LogP contribution in [0, 0.1) is 0 Å². The van der Waals surface area contributed by atoms with Gasteiger partial charge < -0.3 is 9.47 Å². The van der Waals surface area contributed by atoms with Crippen molar-refractivity contribution in [3.8, 4) is 0 Å². The highest BCUT2D eigenvalue weighted by atomic mass is 15.3. The molecule has 60 valence electrons. The molecule has 0 unspecified atom stereocenters. The topological polar surface area (TPSA) is 34.0 Å². The zero-order valence-electron chi connectivity index (χ0n) is 6.86. The predicted octanol–water partition coefficient (Wildman–Crippen LogP) is -0.156. The summed E-state index contributed by atoms with van der Waals surface area (Å²) in [7, 11) is 4.11. The van der Waals surface area contributed by atoms with Gasteiger partial charge in [0.2, 0.25) is 0 Å². The molecule has 0 spiro atoms. The molecule has 4 heteroatoms. The zero-order chi connectivity index (χ0) is 7.84. The van der Waals surface area contributed by atoms with Crippen LogP contribution in [0.4, 0.5) is 0 Å². The van der Waals surface area contributed by atoms with Gasteiger partial charge in [-0.1, -0.05) is 0 Å². The third kappa shape index (κ3) is 1.03. The molecule has 1 aliphatic heterocycles. The quantitative estimate of drug-likeness (QED) is 0.561. The van der Waals surface area contributed by atoms with E-state index < -0.39 is 0 Å². The number of hydrogen-bond acceptors (Lipinski definition) is 3. The number of likely N-dealkylation sites (N-methyl/N-ethyl adjacent to an activating group) is 1. The van der Waals surface area contributed by atoms with Gasteiger partial charge in [-0.25, -0.2) is 0 Å². The number of hydrogen-bond donors (Lipinski definition) is 0. The van der Waals surface area contributed by atoms with Gasteiger partial charge in [0.05, 0.1) is 0 Å². The molecule has 2 rings (SSSR count). The van der Waals surface area contributed by atoms with Crippen molar-refractivity contribution < 1.29 is 0 Å². The molecule has 2 heterocycles. The van der Waals surface area contributed by atoms with E-state index in [0.29, 0.717) is 5.92 Å². The number of rotatable bonds is 1. The fourth-order valence-corrected chi connectivity index (χ4v) is 1.52. The molecule has 0 atom stereocenters. The van der Waals surface area contributed by atoms with Gasteiger partial charge in [0.1, 0.15) is 12.2 Å². The Kier molecular flexibility index (Phi) is 1.42. The van der Waals surface area contributed by atoms with E-state index >= 15 is 0 Å². The zero-order valence-corrected chi connectivity index (χ0v) is 6.86.